The number of hydrogen-bond acceptors (Lipinski definition) is 4. The Morgan fingerprint density at radius 1 is 1.21 bits per heavy atom. The first-order chi connectivity index (χ1) is 6.28. The standard InChI is InChI=1S/C4H11N.C2BF2O4/c1-4-5(2)3;4-3(5)8-1(6)2(7)9-3/h4H2,1-3H3;/q;-1/p+1. The van der Waals surface area contributed by atoms with Crippen molar-refractivity contribution < 1.29 is 32.4 Å². The monoisotopic (exact) mass is 211 g/mol. The molecule has 0 aromatic heterocycles. The first-order valence-corrected chi connectivity index (χ1v) is 4.03. The van der Waals surface area contributed by atoms with Gasteiger partial charge in [-0.15, -0.1) is 0 Å². The molecule has 0 aromatic carbocycles. The third-order valence-corrected chi connectivity index (χ3v) is 1.36. The Kier molecular flexibility index (Phi) is 4.48. The van der Waals surface area contributed by atoms with E-state index in [1.165, 1.54) is 11.4 Å². The van der Waals surface area contributed by atoms with Crippen molar-refractivity contribution >= 4 is 19.0 Å². The predicted octanol–water partition coefficient (Wildman–Crippen LogP) is -1.39. The van der Waals surface area contributed by atoms with E-state index < -0.39 is 19.0 Å². The Labute approximate surface area is 80.0 Å². The number of rotatable bonds is 1. The number of carbonyl (C=O) groups is 2. The van der Waals surface area contributed by atoms with Crippen LogP contribution in [0, 0.1) is 0 Å². The number of quaternary nitrogens is 1. The first-order valence-electron chi connectivity index (χ1n) is 4.03. The predicted molar refractivity (Wildman–Crippen MR) is 43.5 cm³/mol. The van der Waals surface area contributed by atoms with Gasteiger partial charge in [0.2, 0.25) is 0 Å². The maximum atomic E-state index is 11.6. The quantitative estimate of drug-likeness (QED) is 0.428. The van der Waals surface area contributed by atoms with Crippen LogP contribution in [0.15, 0.2) is 0 Å². The summed E-state index contributed by atoms with van der Waals surface area (Å²) in [7, 11) is -0.370. The number of carbonyl (C=O) groups excluding carboxylic acids is 2. The summed E-state index contributed by atoms with van der Waals surface area (Å²) in [5.74, 6) is -3.28. The van der Waals surface area contributed by atoms with Crippen molar-refractivity contribution in [1.29, 1.82) is 0 Å². The van der Waals surface area contributed by atoms with Crippen molar-refractivity contribution in [2.45, 2.75) is 6.92 Å². The molecule has 0 aliphatic carbocycles. The van der Waals surface area contributed by atoms with Gasteiger partial charge in [-0.25, -0.2) is 9.59 Å². The molecular formula is C6H12BF2NO4. The van der Waals surface area contributed by atoms with Gasteiger partial charge in [0.05, 0.1) is 20.6 Å². The Morgan fingerprint density at radius 3 is 1.57 bits per heavy atom. The van der Waals surface area contributed by atoms with Crippen LogP contribution in [-0.4, -0.2) is 39.7 Å². The van der Waals surface area contributed by atoms with Crippen LogP contribution in [0.3, 0.4) is 0 Å². The number of hydrogen-bond donors (Lipinski definition) is 1. The highest BCUT2D eigenvalue weighted by Gasteiger charge is 2.46. The van der Waals surface area contributed by atoms with Crippen LogP contribution in [0.5, 0.6) is 0 Å². The van der Waals surface area contributed by atoms with E-state index in [0.717, 1.165) is 0 Å². The van der Waals surface area contributed by atoms with E-state index in [2.05, 4.69) is 30.3 Å². The average molecular weight is 211 g/mol. The molecule has 5 nitrogen and oxygen atoms in total. The van der Waals surface area contributed by atoms with E-state index in [-0.39, 0.29) is 0 Å². The zero-order valence-electron chi connectivity index (χ0n) is 8.17. The van der Waals surface area contributed by atoms with E-state index in [1.54, 1.807) is 0 Å². The summed E-state index contributed by atoms with van der Waals surface area (Å²) in [5.41, 5.74) is 0. The van der Waals surface area contributed by atoms with Gasteiger partial charge in [-0.1, -0.05) is 0 Å². The molecule has 1 rings (SSSR count). The van der Waals surface area contributed by atoms with Crippen molar-refractivity contribution in [3.05, 3.63) is 0 Å². The first kappa shape index (κ1) is 12.8. The molecule has 0 atom stereocenters. The molecule has 1 aliphatic heterocycles. The number of halogens is 2. The third-order valence-electron chi connectivity index (χ3n) is 1.36. The van der Waals surface area contributed by atoms with Gasteiger partial charge in [0.15, 0.2) is 0 Å². The lowest BCUT2D eigenvalue weighted by Crippen LogP contribution is -3.05. The summed E-state index contributed by atoms with van der Waals surface area (Å²) < 4.78 is 29.6. The van der Waals surface area contributed by atoms with E-state index in [0.29, 0.717) is 0 Å². The molecule has 0 spiro atoms. The van der Waals surface area contributed by atoms with Gasteiger partial charge in [-0.05, 0) is 6.92 Å². The molecule has 0 unspecified atom stereocenters. The molecule has 8 heteroatoms. The maximum Gasteiger partial charge on any atom is 0.730 e. The van der Waals surface area contributed by atoms with Gasteiger partial charge >= 0.3 is 19.0 Å². The van der Waals surface area contributed by atoms with Crippen molar-refractivity contribution in [1.82, 2.24) is 0 Å². The van der Waals surface area contributed by atoms with Gasteiger partial charge in [0.25, 0.3) is 0 Å². The fourth-order valence-corrected chi connectivity index (χ4v) is 0.370. The van der Waals surface area contributed by atoms with Crippen LogP contribution < -0.4 is 4.90 Å². The van der Waals surface area contributed by atoms with Crippen LogP contribution >= 0.6 is 0 Å². The topological polar surface area (TPSA) is 57.0 Å². The second-order valence-corrected chi connectivity index (χ2v) is 2.91. The van der Waals surface area contributed by atoms with Gasteiger partial charge < -0.3 is 22.8 Å². The molecule has 1 N–H and O–H groups in total. The molecule has 0 bridgehead atoms. The maximum absolute atomic E-state index is 11.6. The van der Waals surface area contributed by atoms with Gasteiger partial charge in [0, 0.05) is 0 Å². The minimum Gasteiger partial charge on any atom is -0.593 e. The van der Waals surface area contributed by atoms with Crippen LogP contribution in [-0.2, 0) is 18.9 Å². The van der Waals surface area contributed by atoms with Gasteiger partial charge in [0.1, 0.15) is 0 Å². The van der Waals surface area contributed by atoms with E-state index in [9.17, 15) is 18.2 Å². The average Bonchev–Trinajstić information content (AvgIpc) is 2.25. The molecule has 0 saturated carbocycles. The van der Waals surface area contributed by atoms with Crippen molar-refractivity contribution in [3.63, 3.8) is 0 Å². The lowest BCUT2D eigenvalue weighted by molar-refractivity contribution is -0.856. The lowest BCUT2D eigenvalue weighted by Gasteiger charge is -2.10. The summed E-state index contributed by atoms with van der Waals surface area (Å²) in [6.45, 7) is 3.38. The Morgan fingerprint density at radius 2 is 1.50 bits per heavy atom. The fourth-order valence-electron chi connectivity index (χ4n) is 0.370. The normalized spacial score (nSPS) is 18.4. The minimum atomic E-state index is -4.65. The highest BCUT2D eigenvalue weighted by atomic mass is 19.3. The van der Waals surface area contributed by atoms with Crippen LogP contribution in [0.25, 0.3) is 0 Å². The van der Waals surface area contributed by atoms with Gasteiger partial charge in [-0.2, -0.15) is 0 Å². The highest BCUT2D eigenvalue weighted by molar-refractivity contribution is 6.65. The molecule has 14 heavy (non-hydrogen) atoms. The second kappa shape index (κ2) is 4.89. The molecule has 1 saturated heterocycles. The lowest BCUT2D eigenvalue weighted by atomic mass is 10.2. The molecule has 82 valence electrons. The smallest absolute Gasteiger partial charge is 0.593 e. The van der Waals surface area contributed by atoms with Crippen molar-refractivity contribution in [2.24, 2.45) is 0 Å². The fraction of sp³-hybridized carbons (Fsp3) is 0.667. The van der Waals surface area contributed by atoms with Crippen LogP contribution in [0.4, 0.5) is 8.63 Å². The number of nitrogens with one attached hydrogen (secondary N) is 1. The molecular weight excluding hydrogens is 199 g/mol. The minimum absolute atomic E-state index is 1.22. The summed E-state index contributed by atoms with van der Waals surface area (Å²) in [6.07, 6.45) is 0. The van der Waals surface area contributed by atoms with Crippen molar-refractivity contribution in [2.75, 3.05) is 20.6 Å². The van der Waals surface area contributed by atoms with E-state index >= 15 is 0 Å². The van der Waals surface area contributed by atoms with Crippen LogP contribution in [0.2, 0.25) is 0 Å². The SMILES string of the molecule is CC[NH+](C)C.O=C1O[B-](F)(F)OC1=O. The van der Waals surface area contributed by atoms with Crippen molar-refractivity contribution in [3.8, 4) is 0 Å². The largest absolute Gasteiger partial charge is 0.730 e. The molecule has 0 radical (unpaired) electrons. The second-order valence-electron chi connectivity index (χ2n) is 2.91. The molecule has 0 aromatic rings. The van der Waals surface area contributed by atoms with E-state index in [1.807, 2.05) is 0 Å². The van der Waals surface area contributed by atoms with E-state index in [4.69, 9.17) is 0 Å². The third kappa shape index (κ3) is 4.75. The Bertz CT molecular complexity index is 216. The molecule has 1 aliphatic rings. The summed E-state index contributed by atoms with van der Waals surface area (Å²) in [4.78, 5) is 21.2. The molecule has 1 heterocycles. The zero-order chi connectivity index (χ0) is 11.4. The molecule has 0 amide bonds. The summed E-state index contributed by atoms with van der Waals surface area (Å²) in [6, 6.07) is 0. The van der Waals surface area contributed by atoms with Crippen LogP contribution in [0.1, 0.15) is 6.92 Å². The summed E-state index contributed by atoms with van der Waals surface area (Å²) >= 11 is 0. The Balaban J connectivity index is 0.000000292. The highest BCUT2D eigenvalue weighted by Crippen LogP contribution is 2.17. The summed E-state index contributed by atoms with van der Waals surface area (Å²) in [5, 5.41) is 0. The molecule has 1 fully saturated rings. The Hall–Kier alpha value is -1.18. The van der Waals surface area contributed by atoms with Gasteiger partial charge in [-0.3, -0.25) is 0 Å². The zero-order valence-corrected chi connectivity index (χ0v) is 8.17.